The van der Waals surface area contributed by atoms with Gasteiger partial charge in [0.05, 0.1) is 22.1 Å². The zero-order valence-corrected chi connectivity index (χ0v) is 16.7. The molecule has 1 N–H and O–H groups in total. The van der Waals surface area contributed by atoms with Gasteiger partial charge in [-0.25, -0.2) is 4.98 Å². The van der Waals surface area contributed by atoms with E-state index in [9.17, 15) is 4.79 Å². The van der Waals surface area contributed by atoms with E-state index in [2.05, 4.69) is 24.0 Å². The summed E-state index contributed by atoms with van der Waals surface area (Å²) in [6.45, 7) is 6.96. The van der Waals surface area contributed by atoms with Gasteiger partial charge in [0.1, 0.15) is 5.82 Å². The molecule has 1 aromatic heterocycles. The maximum atomic E-state index is 13.0. The van der Waals surface area contributed by atoms with Crippen LogP contribution < -0.4 is 4.90 Å². The largest absolute Gasteiger partial charge is 0.338 e. The van der Waals surface area contributed by atoms with Crippen LogP contribution in [0.1, 0.15) is 45.6 Å². The van der Waals surface area contributed by atoms with E-state index in [1.807, 2.05) is 43.0 Å². The monoisotopic (exact) mass is 381 g/mol. The van der Waals surface area contributed by atoms with Gasteiger partial charge in [0.15, 0.2) is 0 Å². The van der Waals surface area contributed by atoms with E-state index < -0.39 is 5.41 Å². The lowest BCUT2D eigenvalue weighted by Crippen LogP contribution is -2.36. The number of H-pyrrole nitrogens is 1. The summed E-state index contributed by atoms with van der Waals surface area (Å²) < 4.78 is 0. The molecule has 4 nitrogen and oxygen atoms in total. The minimum Gasteiger partial charge on any atom is -0.338 e. The number of rotatable bonds is 5. The van der Waals surface area contributed by atoms with Crippen molar-refractivity contribution in [2.45, 2.75) is 45.4 Å². The second-order valence-electron chi connectivity index (χ2n) is 7.77. The summed E-state index contributed by atoms with van der Waals surface area (Å²) in [6.07, 6.45) is 3.29. The number of hydrogen-bond acceptors (Lipinski definition) is 2. The molecule has 0 atom stereocenters. The predicted octanol–water partition coefficient (Wildman–Crippen LogP) is 5.70. The fourth-order valence-electron chi connectivity index (χ4n) is 3.82. The summed E-state index contributed by atoms with van der Waals surface area (Å²) in [6, 6.07) is 11.8. The quantitative estimate of drug-likeness (QED) is 0.576. The van der Waals surface area contributed by atoms with Gasteiger partial charge in [-0.15, -0.1) is 0 Å². The van der Waals surface area contributed by atoms with Crippen LogP contribution in [-0.4, -0.2) is 22.4 Å². The first-order chi connectivity index (χ1) is 12.9. The maximum Gasteiger partial charge on any atom is 0.237 e. The summed E-state index contributed by atoms with van der Waals surface area (Å²) in [4.78, 5) is 23.1. The van der Waals surface area contributed by atoms with E-state index >= 15 is 0 Å². The second-order valence-corrected chi connectivity index (χ2v) is 8.20. The van der Waals surface area contributed by atoms with Crippen molar-refractivity contribution in [3.8, 4) is 11.4 Å². The molecule has 3 aromatic rings. The van der Waals surface area contributed by atoms with Crippen molar-refractivity contribution in [1.82, 2.24) is 9.97 Å². The Balaban J connectivity index is 1.77. The van der Waals surface area contributed by atoms with E-state index in [1.165, 1.54) is 0 Å². The van der Waals surface area contributed by atoms with Gasteiger partial charge in [-0.05, 0) is 62.2 Å². The molecule has 0 saturated carbocycles. The molecule has 5 heteroatoms. The fourth-order valence-corrected chi connectivity index (χ4v) is 3.94. The molecule has 140 valence electrons. The standard InChI is InChI=1S/C22H24ClN3O/c1-4-5-6-11-26-19-13-18-17(12-16(19)22(2,3)21(26)27)24-20(25-18)14-7-9-15(23)10-8-14/h7-10,12-13H,4-6,11H2,1-3H3,(H,24,25). The van der Waals surface area contributed by atoms with Crippen LogP contribution in [-0.2, 0) is 10.2 Å². The summed E-state index contributed by atoms with van der Waals surface area (Å²) >= 11 is 5.99. The lowest BCUT2D eigenvalue weighted by Gasteiger charge is -2.20. The highest BCUT2D eigenvalue weighted by molar-refractivity contribution is 6.30. The molecule has 27 heavy (non-hydrogen) atoms. The summed E-state index contributed by atoms with van der Waals surface area (Å²) in [7, 11) is 0. The Morgan fingerprint density at radius 2 is 1.89 bits per heavy atom. The molecule has 0 radical (unpaired) electrons. The fraction of sp³-hybridized carbons (Fsp3) is 0.364. The van der Waals surface area contributed by atoms with Gasteiger partial charge in [0.25, 0.3) is 0 Å². The second kappa shape index (κ2) is 6.68. The van der Waals surface area contributed by atoms with Crippen LogP contribution in [0.25, 0.3) is 22.4 Å². The SMILES string of the molecule is CCCCCN1C(=O)C(C)(C)c2cc3[nH]c(-c4ccc(Cl)cc4)nc3cc21. The Labute approximate surface area is 164 Å². The molecule has 0 saturated heterocycles. The molecule has 1 amide bonds. The van der Waals surface area contributed by atoms with Crippen molar-refractivity contribution in [2.75, 3.05) is 11.4 Å². The highest BCUT2D eigenvalue weighted by Crippen LogP contribution is 2.43. The number of aromatic amines is 1. The van der Waals surface area contributed by atoms with Gasteiger partial charge in [-0.3, -0.25) is 4.79 Å². The summed E-state index contributed by atoms with van der Waals surface area (Å²) in [5.41, 5.74) is 4.39. The number of carbonyl (C=O) groups is 1. The molecule has 2 heterocycles. The van der Waals surface area contributed by atoms with Crippen LogP contribution in [0.5, 0.6) is 0 Å². The summed E-state index contributed by atoms with van der Waals surface area (Å²) in [5.74, 6) is 0.992. The molecule has 0 fully saturated rings. The molecular formula is C22H24ClN3O. The number of anilines is 1. The summed E-state index contributed by atoms with van der Waals surface area (Å²) in [5, 5.41) is 0.705. The van der Waals surface area contributed by atoms with Crippen LogP contribution in [0.15, 0.2) is 36.4 Å². The Morgan fingerprint density at radius 3 is 2.59 bits per heavy atom. The van der Waals surface area contributed by atoms with Crippen molar-refractivity contribution in [1.29, 1.82) is 0 Å². The molecule has 0 unspecified atom stereocenters. The first kappa shape index (κ1) is 18.1. The average Bonchev–Trinajstić information content (AvgIpc) is 3.14. The van der Waals surface area contributed by atoms with Crippen LogP contribution >= 0.6 is 11.6 Å². The van der Waals surface area contributed by atoms with Crippen LogP contribution in [0.3, 0.4) is 0 Å². The normalized spacial score (nSPS) is 15.6. The van der Waals surface area contributed by atoms with Crippen molar-refractivity contribution in [2.24, 2.45) is 0 Å². The zero-order chi connectivity index (χ0) is 19.2. The van der Waals surface area contributed by atoms with Crippen LogP contribution in [0.4, 0.5) is 5.69 Å². The molecule has 1 aliphatic heterocycles. The first-order valence-corrected chi connectivity index (χ1v) is 9.91. The lowest BCUT2D eigenvalue weighted by atomic mass is 9.86. The number of amides is 1. The third kappa shape index (κ3) is 3.02. The number of nitrogens with one attached hydrogen (secondary N) is 1. The third-order valence-electron chi connectivity index (χ3n) is 5.45. The number of carbonyl (C=O) groups excluding carboxylic acids is 1. The molecule has 0 spiro atoms. The van der Waals surface area contributed by atoms with Gasteiger partial charge in [-0.1, -0.05) is 31.4 Å². The van der Waals surface area contributed by atoms with E-state index in [0.717, 1.165) is 59.5 Å². The van der Waals surface area contributed by atoms with Crippen molar-refractivity contribution in [3.63, 3.8) is 0 Å². The van der Waals surface area contributed by atoms with Gasteiger partial charge in [0.2, 0.25) is 5.91 Å². The number of imidazole rings is 1. The Bertz CT molecular complexity index is 1000. The van der Waals surface area contributed by atoms with Crippen molar-refractivity contribution < 1.29 is 4.79 Å². The molecular weight excluding hydrogens is 358 g/mol. The van der Waals surface area contributed by atoms with Crippen LogP contribution in [0, 0.1) is 0 Å². The topological polar surface area (TPSA) is 49.0 Å². The first-order valence-electron chi connectivity index (χ1n) is 9.54. The van der Waals surface area contributed by atoms with Gasteiger partial charge >= 0.3 is 0 Å². The van der Waals surface area contributed by atoms with Crippen LogP contribution in [0.2, 0.25) is 5.02 Å². The van der Waals surface area contributed by atoms with Crippen molar-refractivity contribution in [3.05, 3.63) is 47.0 Å². The van der Waals surface area contributed by atoms with E-state index in [-0.39, 0.29) is 5.91 Å². The van der Waals surface area contributed by atoms with Gasteiger partial charge in [0, 0.05) is 17.1 Å². The minimum absolute atomic E-state index is 0.180. The van der Waals surface area contributed by atoms with Crippen molar-refractivity contribution >= 4 is 34.2 Å². The minimum atomic E-state index is -0.513. The number of aromatic nitrogens is 2. The Hall–Kier alpha value is -2.33. The zero-order valence-electron chi connectivity index (χ0n) is 16.0. The highest BCUT2D eigenvalue weighted by atomic mass is 35.5. The lowest BCUT2D eigenvalue weighted by molar-refractivity contribution is -0.122. The van der Waals surface area contributed by atoms with Gasteiger partial charge in [-0.2, -0.15) is 0 Å². The number of benzene rings is 2. The number of unbranched alkanes of at least 4 members (excludes halogenated alkanes) is 2. The van der Waals surface area contributed by atoms with E-state index in [0.29, 0.717) is 5.02 Å². The third-order valence-corrected chi connectivity index (χ3v) is 5.70. The Morgan fingerprint density at radius 1 is 1.15 bits per heavy atom. The maximum absolute atomic E-state index is 13.0. The number of nitrogens with zero attached hydrogens (tertiary/aromatic N) is 2. The molecule has 2 aromatic carbocycles. The van der Waals surface area contributed by atoms with E-state index in [1.54, 1.807) is 0 Å². The molecule has 4 rings (SSSR count). The Kier molecular flexibility index (Phi) is 4.47. The smallest absolute Gasteiger partial charge is 0.237 e. The van der Waals surface area contributed by atoms with E-state index in [4.69, 9.17) is 16.6 Å². The number of halogens is 1. The number of hydrogen-bond donors (Lipinski definition) is 1. The predicted molar refractivity (Wildman–Crippen MR) is 111 cm³/mol. The number of fused-ring (bicyclic) bond motifs is 2. The van der Waals surface area contributed by atoms with Gasteiger partial charge < -0.3 is 9.88 Å². The molecule has 1 aliphatic rings. The highest BCUT2D eigenvalue weighted by Gasteiger charge is 2.43. The molecule has 0 bridgehead atoms. The molecule has 0 aliphatic carbocycles. The average molecular weight is 382 g/mol.